The fraction of sp³-hybridized carbons (Fsp3) is 0.111. The van der Waals surface area contributed by atoms with Crippen molar-refractivity contribution < 1.29 is 0 Å². The Bertz CT molecular complexity index is 2030. The molecule has 0 saturated heterocycles. The van der Waals surface area contributed by atoms with E-state index in [2.05, 4.69) is 105 Å². The van der Waals surface area contributed by atoms with Gasteiger partial charge in [-0.2, -0.15) is 0 Å². The summed E-state index contributed by atoms with van der Waals surface area (Å²) in [5.41, 5.74) is 9.78. The molecule has 6 heteroatoms. The van der Waals surface area contributed by atoms with Crippen molar-refractivity contribution in [2.75, 3.05) is 0 Å². The van der Waals surface area contributed by atoms with E-state index in [0.29, 0.717) is 0 Å². The predicted octanol–water partition coefficient (Wildman–Crippen LogP) is 9.47. The van der Waals surface area contributed by atoms with Gasteiger partial charge in [-0.15, -0.1) is 0 Å². The van der Waals surface area contributed by atoms with Crippen molar-refractivity contribution in [3.8, 4) is 39.6 Å². The average molecular weight is 611 g/mol. The molecule has 5 aromatic heterocycles. The lowest BCUT2D eigenvalue weighted by molar-refractivity contribution is 0.792. The molecule has 0 aliphatic heterocycles. The lowest BCUT2D eigenvalue weighted by Gasteiger charge is -2.12. The van der Waals surface area contributed by atoms with Crippen LogP contribution in [0.15, 0.2) is 120 Å². The highest BCUT2D eigenvalue weighted by Crippen LogP contribution is 2.35. The first-order valence-corrected chi connectivity index (χ1v) is 15.0. The molecule has 0 N–H and O–H groups in total. The molecule has 5 heterocycles. The van der Waals surface area contributed by atoms with Crippen LogP contribution >= 0.6 is 15.9 Å². The highest BCUT2D eigenvalue weighted by atomic mass is 79.9. The van der Waals surface area contributed by atoms with Crippen LogP contribution in [0.3, 0.4) is 0 Å². The maximum absolute atomic E-state index is 5.01. The van der Waals surface area contributed by atoms with E-state index in [1.54, 1.807) is 6.20 Å². The van der Waals surface area contributed by atoms with Gasteiger partial charge in [0, 0.05) is 39.5 Å². The second-order valence-corrected chi connectivity index (χ2v) is 11.3. The van der Waals surface area contributed by atoms with Crippen LogP contribution in [0, 0.1) is 0 Å². The number of rotatable bonds is 7. The molecule has 0 radical (unpaired) electrons. The summed E-state index contributed by atoms with van der Waals surface area (Å²) >= 11 is 3.65. The van der Waals surface area contributed by atoms with Crippen molar-refractivity contribution in [2.24, 2.45) is 0 Å². The van der Waals surface area contributed by atoms with Crippen LogP contribution in [-0.4, -0.2) is 24.5 Å². The molecule has 2 aromatic carbocycles. The molecular weight excluding hydrogens is 582 g/mol. The predicted molar refractivity (Wildman–Crippen MR) is 175 cm³/mol. The van der Waals surface area contributed by atoms with Gasteiger partial charge in [-0.3, -0.25) is 14.5 Å². The minimum Gasteiger partial charge on any atom is -0.294 e. The third kappa shape index (κ3) is 4.99. The first kappa shape index (κ1) is 26.2. The van der Waals surface area contributed by atoms with Crippen molar-refractivity contribution in [1.29, 1.82) is 0 Å². The van der Waals surface area contributed by atoms with Crippen LogP contribution in [0.4, 0.5) is 0 Å². The summed E-state index contributed by atoms with van der Waals surface area (Å²) in [6.07, 6.45) is 9.00. The average Bonchev–Trinajstić information content (AvgIpc) is 3.38. The molecule has 0 bridgehead atoms. The van der Waals surface area contributed by atoms with Gasteiger partial charge < -0.3 is 0 Å². The Kier molecular flexibility index (Phi) is 7.06. The number of hydrogen-bond donors (Lipinski definition) is 0. The second-order valence-electron chi connectivity index (χ2n) is 10.4. The topological polar surface area (TPSA) is 56.5 Å². The van der Waals surface area contributed by atoms with E-state index in [0.717, 1.165) is 78.8 Å². The van der Waals surface area contributed by atoms with Gasteiger partial charge in [0.25, 0.3) is 0 Å². The maximum atomic E-state index is 5.01. The number of halogens is 1. The molecule has 0 aliphatic rings. The molecule has 0 fully saturated rings. The summed E-state index contributed by atoms with van der Waals surface area (Å²) in [4.78, 5) is 19.2. The molecule has 0 amide bonds. The summed E-state index contributed by atoms with van der Waals surface area (Å²) in [5, 5.41) is 2.28. The van der Waals surface area contributed by atoms with Crippen molar-refractivity contribution in [2.45, 2.75) is 26.2 Å². The van der Waals surface area contributed by atoms with Crippen LogP contribution in [0.1, 0.15) is 25.3 Å². The van der Waals surface area contributed by atoms with Crippen molar-refractivity contribution in [3.63, 3.8) is 0 Å². The number of benzene rings is 2. The molecule has 7 rings (SSSR count). The smallest absolute Gasteiger partial charge is 0.145 e. The van der Waals surface area contributed by atoms with Crippen LogP contribution in [0.5, 0.6) is 0 Å². The number of hydrogen-bond acceptors (Lipinski definition) is 4. The Labute approximate surface area is 253 Å². The van der Waals surface area contributed by atoms with E-state index < -0.39 is 0 Å². The van der Waals surface area contributed by atoms with Gasteiger partial charge >= 0.3 is 0 Å². The summed E-state index contributed by atoms with van der Waals surface area (Å²) in [7, 11) is 0. The largest absolute Gasteiger partial charge is 0.294 e. The summed E-state index contributed by atoms with van der Waals surface area (Å²) in [6, 6.07) is 33.5. The van der Waals surface area contributed by atoms with Gasteiger partial charge in [-0.05, 0) is 102 Å². The summed E-state index contributed by atoms with van der Waals surface area (Å²) < 4.78 is 3.28. The van der Waals surface area contributed by atoms with E-state index in [4.69, 9.17) is 15.0 Å². The van der Waals surface area contributed by atoms with E-state index in [1.807, 2.05) is 36.7 Å². The highest BCUT2D eigenvalue weighted by Gasteiger charge is 2.15. The van der Waals surface area contributed by atoms with E-state index in [-0.39, 0.29) is 0 Å². The third-order valence-electron chi connectivity index (χ3n) is 7.58. The van der Waals surface area contributed by atoms with Crippen LogP contribution in [0.2, 0.25) is 0 Å². The number of fused-ring (bicyclic) bond motifs is 3. The van der Waals surface area contributed by atoms with Crippen molar-refractivity contribution in [3.05, 3.63) is 126 Å². The molecule has 0 spiro atoms. The molecule has 7 aromatic rings. The Balaban J connectivity index is 1.38. The van der Waals surface area contributed by atoms with E-state index in [1.165, 1.54) is 12.0 Å². The number of aromatic nitrogens is 5. The molecule has 42 heavy (non-hydrogen) atoms. The van der Waals surface area contributed by atoms with E-state index >= 15 is 0 Å². The zero-order valence-electron chi connectivity index (χ0n) is 23.2. The third-order valence-corrected chi connectivity index (χ3v) is 8.08. The number of aryl methyl sites for hydroxylation is 1. The maximum Gasteiger partial charge on any atom is 0.145 e. The van der Waals surface area contributed by atoms with Gasteiger partial charge in [0.1, 0.15) is 5.65 Å². The van der Waals surface area contributed by atoms with Gasteiger partial charge in [0.2, 0.25) is 0 Å². The highest BCUT2D eigenvalue weighted by molar-refractivity contribution is 9.10. The first-order valence-electron chi connectivity index (χ1n) is 14.2. The van der Waals surface area contributed by atoms with Gasteiger partial charge in [-0.1, -0.05) is 53.5 Å². The number of pyridine rings is 4. The molecule has 0 aliphatic carbocycles. The molecule has 0 atom stereocenters. The second kappa shape index (κ2) is 11.3. The van der Waals surface area contributed by atoms with Crippen molar-refractivity contribution >= 4 is 37.9 Å². The quantitative estimate of drug-likeness (QED) is 0.180. The minimum absolute atomic E-state index is 0.814. The van der Waals surface area contributed by atoms with Gasteiger partial charge in [0.15, 0.2) is 0 Å². The zero-order valence-corrected chi connectivity index (χ0v) is 24.8. The summed E-state index contributed by atoms with van der Waals surface area (Å²) in [5.74, 6) is 0. The lowest BCUT2D eigenvalue weighted by atomic mass is 10.0. The number of nitrogens with zero attached hydrogens (tertiary/aromatic N) is 5. The van der Waals surface area contributed by atoms with Crippen LogP contribution in [0.25, 0.3) is 61.5 Å². The molecule has 5 nitrogen and oxygen atoms in total. The van der Waals surface area contributed by atoms with Crippen LogP contribution in [-0.2, 0) is 6.42 Å². The van der Waals surface area contributed by atoms with Crippen molar-refractivity contribution in [1.82, 2.24) is 24.5 Å². The van der Waals surface area contributed by atoms with Gasteiger partial charge in [0.05, 0.1) is 28.3 Å². The lowest BCUT2D eigenvalue weighted by Crippen LogP contribution is -1.97. The minimum atomic E-state index is 0.814. The SMILES string of the molecule is CCCCc1ccc(-c2cc(-c3cccc(-n4c5ccc(Br)cc5c5cccnc54)c3)cc(-c3ccccn3)n2)nc1. The first-order chi connectivity index (χ1) is 20.7. The standard InChI is InChI=1S/C36H28BrN5/c1-2-3-8-24-13-15-32(40-23-24)34-21-26(20-33(41-34)31-12-4-5-17-38-31)25-9-6-10-28(19-25)42-35-16-14-27(37)22-30(35)29-11-7-18-39-36(29)42/h4-7,9-23H,2-3,8H2,1H3. The Hall–Kier alpha value is -4.68. The van der Waals surface area contributed by atoms with Gasteiger partial charge in [-0.25, -0.2) is 9.97 Å². The molecule has 204 valence electrons. The fourth-order valence-electron chi connectivity index (χ4n) is 5.48. The molecule has 0 saturated carbocycles. The fourth-order valence-corrected chi connectivity index (χ4v) is 5.84. The molecular formula is C36H28BrN5. The Morgan fingerprint density at radius 1 is 0.667 bits per heavy atom. The van der Waals surface area contributed by atoms with Crippen LogP contribution < -0.4 is 0 Å². The Morgan fingerprint density at radius 2 is 1.52 bits per heavy atom. The molecule has 0 unspecified atom stereocenters. The monoisotopic (exact) mass is 609 g/mol. The zero-order chi connectivity index (χ0) is 28.5. The number of unbranched alkanes of at least 4 members (excludes halogenated alkanes) is 1. The summed E-state index contributed by atoms with van der Waals surface area (Å²) in [6.45, 7) is 2.21. The Morgan fingerprint density at radius 3 is 2.31 bits per heavy atom. The normalized spacial score (nSPS) is 11.4. The van der Waals surface area contributed by atoms with E-state index in [9.17, 15) is 0 Å².